The predicted molar refractivity (Wildman–Crippen MR) is 132 cm³/mol. The quantitative estimate of drug-likeness (QED) is 0.488. The van der Waals surface area contributed by atoms with E-state index in [0.717, 1.165) is 55.2 Å². The smallest absolute Gasteiger partial charge is 0.237 e. The highest BCUT2D eigenvalue weighted by atomic mass is 16.2. The summed E-state index contributed by atoms with van der Waals surface area (Å²) in [5.74, 6) is -0.410. The molecule has 1 fully saturated rings. The molecule has 6 nitrogen and oxygen atoms in total. The van der Waals surface area contributed by atoms with Gasteiger partial charge in [0.2, 0.25) is 11.8 Å². The molecule has 2 atom stereocenters. The van der Waals surface area contributed by atoms with Gasteiger partial charge in [0.15, 0.2) is 0 Å². The predicted octanol–water partition coefficient (Wildman–Crippen LogP) is 3.77. The van der Waals surface area contributed by atoms with Gasteiger partial charge in [-0.15, -0.1) is 6.58 Å². The number of primary amides is 1. The van der Waals surface area contributed by atoms with E-state index in [-0.39, 0.29) is 24.4 Å². The Morgan fingerprint density at radius 2 is 2.09 bits per heavy atom. The summed E-state index contributed by atoms with van der Waals surface area (Å²) in [6, 6.07) is 9.91. The Kier molecular flexibility index (Phi) is 10.3. The minimum absolute atomic E-state index is 0.0575. The van der Waals surface area contributed by atoms with Crippen molar-refractivity contribution >= 4 is 11.8 Å². The zero-order chi connectivity index (χ0) is 24.3. The summed E-state index contributed by atoms with van der Waals surface area (Å²) in [6.45, 7) is 8.80. The van der Waals surface area contributed by atoms with Gasteiger partial charge in [0.05, 0.1) is 18.0 Å². The Hall–Kier alpha value is -2.91. The van der Waals surface area contributed by atoms with E-state index < -0.39 is 5.41 Å². The largest absolute Gasteiger partial charge is 0.369 e. The van der Waals surface area contributed by atoms with Crippen LogP contribution in [0.2, 0.25) is 0 Å². The van der Waals surface area contributed by atoms with Crippen LogP contribution in [0.15, 0.2) is 48.6 Å². The van der Waals surface area contributed by atoms with E-state index in [1.54, 1.807) is 4.90 Å². The summed E-state index contributed by atoms with van der Waals surface area (Å²) < 4.78 is 0. The number of likely N-dealkylation sites (tertiary alicyclic amines) is 1. The number of allylic oxidation sites excluding steroid dienone is 2. The van der Waals surface area contributed by atoms with Gasteiger partial charge < -0.3 is 16.0 Å². The molecule has 1 aromatic carbocycles. The maximum atomic E-state index is 12.7. The Bertz CT molecular complexity index is 902. The van der Waals surface area contributed by atoms with Gasteiger partial charge in [-0.25, -0.2) is 0 Å². The van der Waals surface area contributed by atoms with Crippen molar-refractivity contribution in [3.63, 3.8) is 0 Å². The molecule has 2 amide bonds. The van der Waals surface area contributed by atoms with Crippen LogP contribution in [-0.2, 0) is 21.4 Å². The fraction of sp³-hybridized carbons (Fsp3) is 0.519. The van der Waals surface area contributed by atoms with Crippen LogP contribution < -0.4 is 11.1 Å². The maximum Gasteiger partial charge on any atom is 0.237 e. The van der Waals surface area contributed by atoms with Crippen molar-refractivity contribution in [1.29, 1.82) is 5.26 Å². The van der Waals surface area contributed by atoms with Crippen LogP contribution in [0.4, 0.5) is 0 Å². The van der Waals surface area contributed by atoms with Gasteiger partial charge in [0, 0.05) is 6.54 Å². The minimum atomic E-state index is -0.858. The van der Waals surface area contributed by atoms with Crippen molar-refractivity contribution in [2.24, 2.45) is 5.73 Å². The highest BCUT2D eigenvalue weighted by Gasteiger charge is 2.42. The van der Waals surface area contributed by atoms with Crippen LogP contribution in [0.3, 0.4) is 0 Å². The van der Waals surface area contributed by atoms with E-state index in [0.29, 0.717) is 19.5 Å². The number of hydrogen-bond acceptors (Lipinski definition) is 4. The first-order chi connectivity index (χ1) is 15.9. The summed E-state index contributed by atoms with van der Waals surface area (Å²) in [5.41, 5.74) is 8.20. The van der Waals surface area contributed by atoms with E-state index in [1.807, 2.05) is 31.2 Å². The Morgan fingerprint density at radius 1 is 1.36 bits per heavy atom. The van der Waals surface area contributed by atoms with Gasteiger partial charge in [-0.1, -0.05) is 48.9 Å². The molecule has 1 heterocycles. The topological polar surface area (TPSA) is 99.2 Å². The van der Waals surface area contributed by atoms with E-state index in [2.05, 4.69) is 37.0 Å². The maximum absolute atomic E-state index is 12.7. The third-order valence-corrected chi connectivity index (χ3v) is 6.65. The van der Waals surface area contributed by atoms with Crippen molar-refractivity contribution < 1.29 is 9.59 Å². The van der Waals surface area contributed by atoms with Crippen molar-refractivity contribution in [2.45, 2.75) is 70.3 Å². The van der Waals surface area contributed by atoms with Gasteiger partial charge in [0.1, 0.15) is 6.04 Å². The number of aryl methyl sites for hydroxylation is 1. The third-order valence-electron chi connectivity index (χ3n) is 6.65. The number of rotatable bonds is 7. The lowest BCUT2D eigenvalue weighted by Gasteiger charge is -2.34. The highest BCUT2D eigenvalue weighted by Crippen LogP contribution is 2.40. The molecule has 1 aliphatic carbocycles. The molecule has 3 rings (SSSR count). The van der Waals surface area contributed by atoms with Crippen LogP contribution in [0.25, 0.3) is 0 Å². The van der Waals surface area contributed by atoms with Crippen molar-refractivity contribution in [3.8, 4) is 6.07 Å². The van der Waals surface area contributed by atoms with E-state index in [9.17, 15) is 14.9 Å². The number of carbonyl (C=O) groups excluding carboxylic acids is 2. The number of nitrogens with one attached hydrogen (secondary N) is 1. The first kappa shape index (κ1) is 26.3. The molecule has 0 aromatic heterocycles. The standard InChI is InChI=1S/C23H30N4O2.C4H8/c1-17-7-6-9-18-8-2-3-11-20(18)23(17,22(25)29)12-13-26-16-21(28)27-14-5-4-10-19(27)15-24;1-3-4-2/h2-3,7-8,11,19,26H,4-6,9-10,12-14,16H2,1H3,(H2,25,29);3H,1,4H2,2H3/t19-,23?;/m0./s1. The SMILES string of the molecule is C=CCC.CC1=CCCc2ccccc2C1(CCNCC(=O)N1CCCC[C@H]1C#N)C(N)=O. The van der Waals surface area contributed by atoms with Gasteiger partial charge in [-0.2, -0.15) is 5.26 Å². The van der Waals surface area contributed by atoms with Gasteiger partial charge in [0.25, 0.3) is 0 Å². The molecule has 178 valence electrons. The summed E-state index contributed by atoms with van der Waals surface area (Å²) in [4.78, 5) is 26.9. The van der Waals surface area contributed by atoms with Gasteiger partial charge in [-0.3, -0.25) is 9.59 Å². The zero-order valence-corrected chi connectivity index (χ0v) is 20.1. The molecule has 1 saturated heterocycles. The van der Waals surface area contributed by atoms with Crippen LogP contribution in [0.5, 0.6) is 0 Å². The summed E-state index contributed by atoms with van der Waals surface area (Å²) >= 11 is 0. The number of carbonyl (C=O) groups is 2. The lowest BCUT2D eigenvalue weighted by atomic mass is 9.70. The number of fused-ring (bicyclic) bond motifs is 1. The molecular weight excluding hydrogens is 412 g/mol. The Balaban J connectivity index is 0.000000890. The molecule has 1 unspecified atom stereocenters. The van der Waals surface area contributed by atoms with Crippen LogP contribution >= 0.6 is 0 Å². The highest BCUT2D eigenvalue weighted by molar-refractivity contribution is 5.91. The molecule has 0 radical (unpaired) electrons. The zero-order valence-electron chi connectivity index (χ0n) is 20.1. The fourth-order valence-corrected chi connectivity index (χ4v) is 4.70. The average molecular weight is 451 g/mol. The number of hydrogen-bond donors (Lipinski definition) is 2. The molecule has 6 heteroatoms. The summed E-state index contributed by atoms with van der Waals surface area (Å²) in [6.07, 6.45) is 10.0. The average Bonchev–Trinajstić information content (AvgIpc) is 2.98. The van der Waals surface area contributed by atoms with Crippen LogP contribution in [0.1, 0.15) is 63.5 Å². The lowest BCUT2D eigenvalue weighted by Crippen LogP contribution is -2.48. The van der Waals surface area contributed by atoms with E-state index >= 15 is 0 Å². The lowest BCUT2D eigenvalue weighted by molar-refractivity contribution is -0.132. The molecule has 1 aliphatic heterocycles. The van der Waals surface area contributed by atoms with E-state index in [4.69, 9.17) is 5.73 Å². The number of nitrogens with two attached hydrogens (primary N) is 1. The second kappa shape index (κ2) is 13.0. The molecule has 33 heavy (non-hydrogen) atoms. The van der Waals surface area contributed by atoms with Crippen molar-refractivity contribution in [3.05, 3.63) is 59.7 Å². The van der Waals surface area contributed by atoms with Gasteiger partial charge in [-0.05, 0) is 69.5 Å². The number of nitriles is 1. The number of benzene rings is 1. The summed E-state index contributed by atoms with van der Waals surface area (Å²) in [5, 5.41) is 12.5. The normalized spacial score (nSPS) is 21.9. The molecule has 3 N–H and O–H groups in total. The number of nitrogens with zero attached hydrogens (tertiary/aromatic N) is 2. The fourth-order valence-electron chi connectivity index (χ4n) is 4.70. The van der Waals surface area contributed by atoms with Gasteiger partial charge >= 0.3 is 0 Å². The first-order valence-corrected chi connectivity index (χ1v) is 12.0. The molecule has 1 aromatic rings. The monoisotopic (exact) mass is 450 g/mol. The second-order valence-electron chi connectivity index (χ2n) is 8.70. The first-order valence-electron chi connectivity index (χ1n) is 12.0. The summed E-state index contributed by atoms with van der Waals surface area (Å²) in [7, 11) is 0. The molecule has 0 bridgehead atoms. The Morgan fingerprint density at radius 3 is 2.76 bits per heavy atom. The molecule has 0 saturated carbocycles. The van der Waals surface area contributed by atoms with Crippen molar-refractivity contribution in [1.82, 2.24) is 10.2 Å². The minimum Gasteiger partial charge on any atom is -0.369 e. The van der Waals surface area contributed by atoms with Crippen LogP contribution in [0, 0.1) is 11.3 Å². The molecular formula is C27H38N4O2. The third kappa shape index (κ3) is 6.33. The van der Waals surface area contributed by atoms with Crippen LogP contribution in [-0.4, -0.2) is 42.4 Å². The number of piperidine rings is 1. The number of amides is 2. The van der Waals surface area contributed by atoms with E-state index in [1.165, 1.54) is 0 Å². The second-order valence-corrected chi connectivity index (χ2v) is 8.70. The Labute approximate surface area is 198 Å². The molecule has 0 spiro atoms. The molecule has 2 aliphatic rings. The van der Waals surface area contributed by atoms with Crippen molar-refractivity contribution in [2.75, 3.05) is 19.6 Å².